The van der Waals surface area contributed by atoms with Crippen molar-refractivity contribution in [2.45, 2.75) is 13.5 Å². The van der Waals surface area contributed by atoms with Crippen molar-refractivity contribution in [2.75, 3.05) is 12.4 Å². The number of nitrogens with zero attached hydrogens (tertiary/aromatic N) is 2. The highest BCUT2D eigenvalue weighted by molar-refractivity contribution is 6.29. The van der Waals surface area contributed by atoms with E-state index in [0.717, 1.165) is 16.9 Å². The molecule has 0 fully saturated rings. The highest BCUT2D eigenvalue weighted by atomic mass is 35.5. The monoisotopic (exact) mass is 263 g/mol. The summed E-state index contributed by atoms with van der Waals surface area (Å²) in [7, 11) is 1.60. The summed E-state index contributed by atoms with van der Waals surface area (Å²) in [6, 6.07) is 7.49. The zero-order chi connectivity index (χ0) is 13.0. The largest absolute Gasteiger partial charge is 0.481 e. The SMILES string of the molecule is COc1ccc(CNc2ccc(Cl)nc2C)cn1. The Morgan fingerprint density at radius 2 is 2.11 bits per heavy atom. The number of nitrogens with one attached hydrogen (secondary N) is 1. The number of hydrogen-bond acceptors (Lipinski definition) is 4. The van der Waals surface area contributed by atoms with Gasteiger partial charge in [-0.15, -0.1) is 0 Å². The maximum absolute atomic E-state index is 5.80. The van der Waals surface area contributed by atoms with Gasteiger partial charge in [0, 0.05) is 18.8 Å². The number of aromatic nitrogens is 2. The predicted molar refractivity (Wildman–Crippen MR) is 72.1 cm³/mol. The first-order chi connectivity index (χ1) is 8.69. The number of methoxy groups -OCH3 is 1. The molecule has 18 heavy (non-hydrogen) atoms. The maximum Gasteiger partial charge on any atom is 0.212 e. The van der Waals surface area contributed by atoms with Gasteiger partial charge >= 0.3 is 0 Å². The fourth-order valence-corrected chi connectivity index (χ4v) is 1.74. The Balaban J connectivity index is 2.02. The van der Waals surface area contributed by atoms with Crippen LogP contribution in [0.15, 0.2) is 30.5 Å². The van der Waals surface area contributed by atoms with Gasteiger partial charge in [-0.1, -0.05) is 17.7 Å². The molecule has 2 aromatic heterocycles. The van der Waals surface area contributed by atoms with Crippen LogP contribution in [-0.2, 0) is 6.54 Å². The van der Waals surface area contributed by atoms with E-state index >= 15 is 0 Å². The Labute approximate surface area is 111 Å². The zero-order valence-electron chi connectivity index (χ0n) is 10.3. The molecule has 0 atom stereocenters. The fourth-order valence-electron chi connectivity index (χ4n) is 1.55. The molecule has 0 saturated carbocycles. The van der Waals surface area contributed by atoms with Crippen molar-refractivity contribution in [3.8, 4) is 5.88 Å². The van der Waals surface area contributed by atoms with Gasteiger partial charge < -0.3 is 10.1 Å². The third-order valence-electron chi connectivity index (χ3n) is 2.54. The van der Waals surface area contributed by atoms with Crippen LogP contribution in [0, 0.1) is 6.92 Å². The second kappa shape index (κ2) is 5.69. The van der Waals surface area contributed by atoms with Gasteiger partial charge in [-0.25, -0.2) is 9.97 Å². The Bertz CT molecular complexity index is 528. The zero-order valence-corrected chi connectivity index (χ0v) is 11.0. The van der Waals surface area contributed by atoms with Crippen LogP contribution in [0.4, 0.5) is 5.69 Å². The molecule has 0 aliphatic carbocycles. The van der Waals surface area contributed by atoms with Gasteiger partial charge in [0.1, 0.15) is 5.15 Å². The Morgan fingerprint density at radius 1 is 1.28 bits per heavy atom. The molecular formula is C13H14ClN3O. The van der Waals surface area contributed by atoms with Crippen molar-refractivity contribution < 1.29 is 4.74 Å². The van der Waals surface area contributed by atoms with Gasteiger partial charge in [0.25, 0.3) is 0 Å². The van der Waals surface area contributed by atoms with Crippen molar-refractivity contribution in [1.82, 2.24) is 9.97 Å². The minimum atomic E-state index is 0.504. The lowest BCUT2D eigenvalue weighted by Gasteiger charge is -2.09. The smallest absolute Gasteiger partial charge is 0.212 e. The standard InChI is InChI=1S/C13H14ClN3O/c1-9-11(4-5-12(14)17-9)15-7-10-3-6-13(18-2)16-8-10/h3-6,8,15H,7H2,1-2H3. The molecule has 0 aliphatic heterocycles. The molecular weight excluding hydrogens is 250 g/mol. The lowest BCUT2D eigenvalue weighted by molar-refractivity contribution is 0.397. The van der Waals surface area contributed by atoms with E-state index in [0.29, 0.717) is 17.6 Å². The molecule has 5 heteroatoms. The molecule has 0 radical (unpaired) electrons. The molecule has 94 valence electrons. The van der Waals surface area contributed by atoms with Crippen LogP contribution in [0.1, 0.15) is 11.3 Å². The first kappa shape index (κ1) is 12.6. The average Bonchev–Trinajstić information content (AvgIpc) is 2.38. The third kappa shape index (κ3) is 3.11. The van der Waals surface area contributed by atoms with Gasteiger partial charge in [-0.05, 0) is 24.6 Å². The summed E-state index contributed by atoms with van der Waals surface area (Å²) in [5.74, 6) is 0.614. The molecule has 2 aromatic rings. The number of halogens is 1. The van der Waals surface area contributed by atoms with Gasteiger partial charge in [0.15, 0.2) is 0 Å². The van der Waals surface area contributed by atoms with Crippen LogP contribution in [0.2, 0.25) is 5.15 Å². The molecule has 0 unspecified atom stereocenters. The number of ether oxygens (including phenoxy) is 1. The quantitative estimate of drug-likeness (QED) is 0.862. The normalized spacial score (nSPS) is 10.2. The molecule has 0 saturated heterocycles. The van der Waals surface area contributed by atoms with E-state index in [-0.39, 0.29) is 0 Å². The molecule has 0 spiro atoms. The van der Waals surface area contributed by atoms with Crippen LogP contribution in [0.5, 0.6) is 5.88 Å². The van der Waals surface area contributed by atoms with Crippen LogP contribution in [0.25, 0.3) is 0 Å². The number of aryl methyl sites for hydroxylation is 1. The summed E-state index contributed by atoms with van der Waals surface area (Å²) >= 11 is 5.80. The predicted octanol–water partition coefficient (Wildman–Crippen LogP) is 3.06. The lowest BCUT2D eigenvalue weighted by atomic mass is 10.2. The van der Waals surface area contributed by atoms with E-state index in [1.54, 1.807) is 19.4 Å². The molecule has 0 amide bonds. The molecule has 0 aromatic carbocycles. The van der Waals surface area contributed by atoms with Crippen LogP contribution < -0.4 is 10.1 Å². The van der Waals surface area contributed by atoms with Crippen molar-refractivity contribution in [1.29, 1.82) is 0 Å². The maximum atomic E-state index is 5.80. The number of anilines is 1. The second-order valence-corrected chi connectivity index (χ2v) is 4.22. The van der Waals surface area contributed by atoms with Crippen molar-refractivity contribution in [2.24, 2.45) is 0 Å². The number of pyridine rings is 2. The summed E-state index contributed by atoms with van der Waals surface area (Å²) in [4.78, 5) is 8.33. The highest BCUT2D eigenvalue weighted by Gasteiger charge is 2.01. The molecule has 2 heterocycles. The highest BCUT2D eigenvalue weighted by Crippen LogP contribution is 2.16. The Hall–Kier alpha value is -1.81. The van der Waals surface area contributed by atoms with Crippen LogP contribution >= 0.6 is 11.6 Å². The number of rotatable bonds is 4. The van der Waals surface area contributed by atoms with Gasteiger partial charge in [0.05, 0.1) is 18.5 Å². The molecule has 2 rings (SSSR count). The van der Waals surface area contributed by atoms with Crippen molar-refractivity contribution in [3.63, 3.8) is 0 Å². The summed E-state index contributed by atoms with van der Waals surface area (Å²) < 4.78 is 5.01. The Morgan fingerprint density at radius 3 is 2.72 bits per heavy atom. The van der Waals surface area contributed by atoms with E-state index in [4.69, 9.17) is 16.3 Å². The van der Waals surface area contributed by atoms with Gasteiger partial charge in [-0.2, -0.15) is 0 Å². The Kier molecular flexibility index (Phi) is 3.99. The summed E-state index contributed by atoms with van der Waals surface area (Å²) in [5, 5.41) is 3.80. The first-order valence-electron chi connectivity index (χ1n) is 5.55. The minimum absolute atomic E-state index is 0.504. The lowest BCUT2D eigenvalue weighted by Crippen LogP contribution is -2.02. The van der Waals surface area contributed by atoms with Crippen LogP contribution in [-0.4, -0.2) is 17.1 Å². The van der Waals surface area contributed by atoms with Crippen molar-refractivity contribution >= 4 is 17.3 Å². The first-order valence-corrected chi connectivity index (χ1v) is 5.93. The molecule has 0 aliphatic rings. The summed E-state index contributed by atoms with van der Waals surface area (Å²) in [6.07, 6.45) is 1.78. The van der Waals surface area contributed by atoms with E-state index in [9.17, 15) is 0 Å². The van der Waals surface area contributed by atoms with E-state index in [2.05, 4.69) is 15.3 Å². The molecule has 1 N–H and O–H groups in total. The van der Waals surface area contributed by atoms with Crippen LogP contribution in [0.3, 0.4) is 0 Å². The second-order valence-electron chi connectivity index (χ2n) is 3.83. The average molecular weight is 264 g/mol. The summed E-state index contributed by atoms with van der Waals surface area (Å²) in [6.45, 7) is 2.60. The number of hydrogen-bond donors (Lipinski definition) is 1. The van der Waals surface area contributed by atoms with E-state index < -0.39 is 0 Å². The van der Waals surface area contributed by atoms with Gasteiger partial charge in [-0.3, -0.25) is 0 Å². The van der Waals surface area contributed by atoms with Gasteiger partial charge in [0.2, 0.25) is 5.88 Å². The van der Waals surface area contributed by atoms with Crippen molar-refractivity contribution in [3.05, 3.63) is 46.9 Å². The fraction of sp³-hybridized carbons (Fsp3) is 0.231. The molecule has 4 nitrogen and oxygen atoms in total. The van der Waals surface area contributed by atoms with E-state index in [1.807, 2.05) is 25.1 Å². The molecule has 0 bridgehead atoms. The third-order valence-corrected chi connectivity index (χ3v) is 2.75. The van der Waals surface area contributed by atoms with E-state index in [1.165, 1.54) is 0 Å². The minimum Gasteiger partial charge on any atom is -0.481 e. The topological polar surface area (TPSA) is 47.0 Å². The summed E-state index contributed by atoms with van der Waals surface area (Å²) in [5.41, 5.74) is 2.92.